The van der Waals surface area contributed by atoms with Crippen LogP contribution in [0.1, 0.15) is 15.9 Å². The van der Waals surface area contributed by atoms with Gasteiger partial charge in [-0.05, 0) is 42.5 Å². The summed E-state index contributed by atoms with van der Waals surface area (Å²) in [6.45, 7) is 0. The Morgan fingerprint density at radius 2 is 1.56 bits per heavy atom. The summed E-state index contributed by atoms with van der Waals surface area (Å²) < 4.78 is 38.3. The largest absolute Gasteiger partial charge is 0.416 e. The first-order valence-electron chi connectivity index (χ1n) is 9.60. The number of rotatable bonds is 6. The summed E-state index contributed by atoms with van der Waals surface area (Å²) >= 11 is 0. The number of alkyl halides is 3. The summed E-state index contributed by atoms with van der Waals surface area (Å²) in [6.07, 6.45) is -2.23. The average Bonchev–Trinajstić information content (AvgIpc) is 2.79. The smallest absolute Gasteiger partial charge is 0.355 e. The number of anilines is 4. The molecular formula is C24H17F3N4O. The molecule has 0 bridgehead atoms. The molecule has 5 nitrogen and oxygen atoms in total. The van der Waals surface area contributed by atoms with E-state index in [9.17, 15) is 18.0 Å². The van der Waals surface area contributed by atoms with E-state index in [-0.39, 0.29) is 0 Å². The van der Waals surface area contributed by atoms with Crippen molar-refractivity contribution >= 4 is 29.2 Å². The average molecular weight is 434 g/mol. The molecular weight excluding hydrogens is 417 g/mol. The van der Waals surface area contributed by atoms with Crippen molar-refractivity contribution < 1.29 is 18.0 Å². The fraction of sp³-hybridized carbons (Fsp3) is 0.0417. The first-order chi connectivity index (χ1) is 15.4. The van der Waals surface area contributed by atoms with Crippen LogP contribution in [0.3, 0.4) is 0 Å². The zero-order chi connectivity index (χ0) is 22.6. The highest BCUT2D eigenvalue weighted by molar-refractivity contribution is 5.82. The molecule has 0 atom stereocenters. The van der Waals surface area contributed by atoms with E-state index < -0.39 is 11.7 Å². The highest BCUT2D eigenvalue weighted by atomic mass is 19.4. The number of para-hydroxylation sites is 1. The lowest BCUT2D eigenvalue weighted by Crippen LogP contribution is -2.04. The molecule has 160 valence electrons. The third-order valence-electron chi connectivity index (χ3n) is 4.66. The second-order valence-electron chi connectivity index (χ2n) is 6.90. The molecule has 1 aromatic heterocycles. The van der Waals surface area contributed by atoms with Crippen LogP contribution in [-0.2, 0) is 6.18 Å². The van der Waals surface area contributed by atoms with Gasteiger partial charge in [-0.3, -0.25) is 4.79 Å². The Morgan fingerprint density at radius 1 is 0.781 bits per heavy atom. The van der Waals surface area contributed by atoms with Gasteiger partial charge >= 0.3 is 6.18 Å². The first kappa shape index (κ1) is 21.0. The van der Waals surface area contributed by atoms with E-state index >= 15 is 0 Å². The monoisotopic (exact) mass is 434 g/mol. The Kier molecular flexibility index (Phi) is 5.85. The first-order valence-corrected chi connectivity index (χ1v) is 9.60. The van der Waals surface area contributed by atoms with Gasteiger partial charge in [0, 0.05) is 34.3 Å². The minimum absolute atomic E-state index is 0.438. The molecule has 32 heavy (non-hydrogen) atoms. The number of benzene rings is 3. The Balaban J connectivity index is 1.59. The van der Waals surface area contributed by atoms with Crippen LogP contribution in [0.5, 0.6) is 0 Å². The van der Waals surface area contributed by atoms with E-state index in [1.165, 1.54) is 18.5 Å². The lowest BCUT2D eigenvalue weighted by Gasteiger charge is -2.13. The van der Waals surface area contributed by atoms with E-state index in [1.54, 1.807) is 24.3 Å². The zero-order valence-corrected chi connectivity index (χ0v) is 16.6. The van der Waals surface area contributed by atoms with Gasteiger partial charge in [0.2, 0.25) is 0 Å². The van der Waals surface area contributed by atoms with Crippen molar-refractivity contribution in [3.05, 3.63) is 96.3 Å². The van der Waals surface area contributed by atoms with Crippen molar-refractivity contribution in [1.82, 2.24) is 9.97 Å². The molecule has 2 N–H and O–H groups in total. The van der Waals surface area contributed by atoms with E-state index in [4.69, 9.17) is 0 Å². The van der Waals surface area contributed by atoms with Gasteiger partial charge in [0.15, 0.2) is 0 Å². The number of nitrogens with one attached hydrogen (secondary N) is 2. The zero-order valence-electron chi connectivity index (χ0n) is 16.6. The summed E-state index contributed by atoms with van der Waals surface area (Å²) in [4.78, 5) is 19.5. The fourth-order valence-electron chi connectivity index (χ4n) is 3.12. The Bertz CT molecular complexity index is 1240. The van der Waals surface area contributed by atoms with Crippen LogP contribution in [0.2, 0.25) is 0 Å². The second-order valence-corrected chi connectivity index (χ2v) is 6.90. The number of hydrogen-bond acceptors (Lipinski definition) is 5. The van der Waals surface area contributed by atoms with E-state index in [0.29, 0.717) is 22.8 Å². The molecule has 1 heterocycles. The van der Waals surface area contributed by atoms with Gasteiger partial charge in [0.05, 0.1) is 11.3 Å². The fourth-order valence-corrected chi connectivity index (χ4v) is 3.12. The summed E-state index contributed by atoms with van der Waals surface area (Å²) in [5, 5.41) is 6.29. The molecule has 0 fully saturated rings. The number of nitrogens with zero attached hydrogens (tertiary/aromatic N) is 2. The maximum atomic E-state index is 12.8. The molecule has 0 amide bonds. The molecule has 0 spiro atoms. The van der Waals surface area contributed by atoms with Crippen LogP contribution < -0.4 is 10.6 Å². The number of halogens is 3. The predicted octanol–water partition coefficient (Wildman–Crippen LogP) is 6.46. The maximum Gasteiger partial charge on any atom is 0.416 e. The van der Waals surface area contributed by atoms with Crippen molar-refractivity contribution in [3.8, 4) is 11.3 Å². The standard InChI is InChI=1S/C24H17F3N4O/c25-24(26,27)17-8-10-18(11-9-17)31-23-13-22(28-15-29-23)20-6-1-2-7-21(20)30-19-5-3-4-16(12-19)14-32/h1-15,30H,(H,28,29,31). The molecule has 8 heteroatoms. The molecule has 4 rings (SSSR count). The minimum Gasteiger partial charge on any atom is -0.355 e. The van der Waals surface area contributed by atoms with E-state index in [0.717, 1.165) is 35.4 Å². The van der Waals surface area contributed by atoms with Crippen molar-refractivity contribution in [2.75, 3.05) is 10.6 Å². The highest BCUT2D eigenvalue weighted by Crippen LogP contribution is 2.32. The third-order valence-corrected chi connectivity index (χ3v) is 4.66. The minimum atomic E-state index is -4.39. The number of aromatic nitrogens is 2. The van der Waals surface area contributed by atoms with Crippen LogP contribution in [0.4, 0.5) is 36.1 Å². The summed E-state index contributed by atoms with van der Waals surface area (Å²) in [5.41, 5.74) is 3.24. The molecule has 0 saturated carbocycles. The molecule has 0 radical (unpaired) electrons. The van der Waals surface area contributed by atoms with Crippen LogP contribution in [0, 0.1) is 0 Å². The molecule has 0 saturated heterocycles. The topological polar surface area (TPSA) is 66.9 Å². The van der Waals surface area contributed by atoms with Crippen molar-refractivity contribution in [1.29, 1.82) is 0 Å². The number of carbonyl (C=O) groups excluding carboxylic acids is 1. The number of hydrogen-bond donors (Lipinski definition) is 2. The quantitative estimate of drug-likeness (QED) is 0.341. The summed E-state index contributed by atoms with van der Waals surface area (Å²) in [6, 6.07) is 21.0. The normalized spacial score (nSPS) is 11.1. The van der Waals surface area contributed by atoms with Gasteiger partial charge in [-0.15, -0.1) is 0 Å². The number of aldehydes is 1. The van der Waals surface area contributed by atoms with Crippen molar-refractivity contribution in [2.24, 2.45) is 0 Å². The molecule has 3 aromatic carbocycles. The van der Waals surface area contributed by atoms with Crippen LogP contribution in [0.15, 0.2) is 85.2 Å². The highest BCUT2D eigenvalue weighted by Gasteiger charge is 2.29. The second kappa shape index (κ2) is 8.89. The van der Waals surface area contributed by atoms with E-state index in [2.05, 4.69) is 20.6 Å². The lowest BCUT2D eigenvalue weighted by molar-refractivity contribution is -0.137. The lowest BCUT2D eigenvalue weighted by atomic mass is 10.1. The Labute approximate surface area is 182 Å². The van der Waals surface area contributed by atoms with Gasteiger partial charge in [0.25, 0.3) is 0 Å². The molecule has 0 unspecified atom stereocenters. The Morgan fingerprint density at radius 3 is 2.31 bits per heavy atom. The molecule has 0 aliphatic rings. The molecule has 4 aromatic rings. The van der Waals surface area contributed by atoms with Crippen molar-refractivity contribution in [2.45, 2.75) is 6.18 Å². The Hall–Kier alpha value is -4.20. The van der Waals surface area contributed by atoms with Crippen LogP contribution >= 0.6 is 0 Å². The molecule has 0 aliphatic heterocycles. The van der Waals surface area contributed by atoms with E-state index in [1.807, 2.05) is 30.3 Å². The molecule has 0 aliphatic carbocycles. The SMILES string of the molecule is O=Cc1cccc(Nc2ccccc2-c2cc(Nc3ccc(C(F)(F)F)cc3)ncn2)c1. The maximum absolute atomic E-state index is 12.8. The van der Waals surface area contributed by atoms with Crippen LogP contribution in [-0.4, -0.2) is 16.3 Å². The summed E-state index contributed by atoms with van der Waals surface area (Å²) in [5.74, 6) is 0.438. The van der Waals surface area contributed by atoms with Gasteiger partial charge in [-0.2, -0.15) is 13.2 Å². The van der Waals surface area contributed by atoms with Crippen LogP contribution in [0.25, 0.3) is 11.3 Å². The van der Waals surface area contributed by atoms with Crippen molar-refractivity contribution in [3.63, 3.8) is 0 Å². The summed E-state index contributed by atoms with van der Waals surface area (Å²) in [7, 11) is 0. The van der Waals surface area contributed by atoms with Gasteiger partial charge in [-0.1, -0.05) is 30.3 Å². The van der Waals surface area contributed by atoms with Gasteiger partial charge in [-0.25, -0.2) is 9.97 Å². The van der Waals surface area contributed by atoms with Gasteiger partial charge < -0.3 is 10.6 Å². The van der Waals surface area contributed by atoms with Gasteiger partial charge in [0.1, 0.15) is 18.4 Å². The number of carbonyl (C=O) groups is 1. The third kappa shape index (κ3) is 4.92. The predicted molar refractivity (Wildman–Crippen MR) is 117 cm³/mol.